The quantitative estimate of drug-likeness (QED) is 0.0369. The van der Waals surface area contributed by atoms with Crippen LogP contribution in [0.25, 0.3) is 0 Å². The first kappa shape index (κ1) is 68.2. The monoisotopic (exact) mass is 1130 g/mol. The highest BCUT2D eigenvalue weighted by Crippen LogP contribution is 2.26. The summed E-state index contributed by atoms with van der Waals surface area (Å²) >= 11 is 0. The van der Waals surface area contributed by atoms with Gasteiger partial charge in [-0.15, -0.1) is 0 Å². The van der Waals surface area contributed by atoms with E-state index in [9.17, 15) is 33.6 Å². The van der Waals surface area contributed by atoms with Crippen molar-refractivity contribution in [2.75, 3.05) is 137 Å². The number of nitrogens with zero attached hydrogens (tertiary/aromatic N) is 1. The number of anilines is 1. The second-order valence-electron chi connectivity index (χ2n) is 18.5. The molecule has 80 heavy (non-hydrogen) atoms. The van der Waals surface area contributed by atoms with Gasteiger partial charge >= 0.3 is 5.97 Å². The number of aliphatic carboxylic acids is 1. The Morgan fingerprint density at radius 1 is 0.512 bits per heavy atom. The Morgan fingerprint density at radius 2 is 0.988 bits per heavy atom. The molecule has 0 bridgehead atoms. The second-order valence-corrected chi connectivity index (χ2v) is 18.5. The van der Waals surface area contributed by atoms with Gasteiger partial charge in [-0.3, -0.25) is 33.6 Å². The number of benzene rings is 2. The van der Waals surface area contributed by atoms with Crippen molar-refractivity contribution in [2.24, 2.45) is 5.73 Å². The Hall–Kier alpha value is -6.07. The Morgan fingerprint density at radius 3 is 1.56 bits per heavy atom. The average molecular weight is 1130 g/mol. The van der Waals surface area contributed by atoms with Gasteiger partial charge in [0.15, 0.2) is 0 Å². The van der Waals surface area contributed by atoms with E-state index in [1.165, 1.54) is 0 Å². The number of hydrogen-bond acceptors (Lipinski definition) is 16. The number of carboxylic acids is 1. The van der Waals surface area contributed by atoms with E-state index in [2.05, 4.69) is 38.4 Å². The van der Waals surface area contributed by atoms with E-state index in [0.29, 0.717) is 144 Å². The Labute approximate surface area is 471 Å². The fraction of sp³-hybridized carbons (Fsp3) is 0.632. The van der Waals surface area contributed by atoms with Crippen LogP contribution in [0.15, 0.2) is 48.5 Å². The van der Waals surface area contributed by atoms with Crippen molar-refractivity contribution in [3.63, 3.8) is 0 Å². The highest BCUT2D eigenvalue weighted by atomic mass is 16.6. The molecule has 0 fully saturated rings. The molecule has 0 aromatic heterocycles. The lowest BCUT2D eigenvalue weighted by molar-refractivity contribution is -0.139. The summed E-state index contributed by atoms with van der Waals surface area (Å²) in [5, 5.41) is 22.8. The van der Waals surface area contributed by atoms with Crippen molar-refractivity contribution in [1.82, 2.24) is 26.6 Å². The number of carboxylic acid groups (broad SMARTS) is 1. The molecule has 1 heterocycles. The van der Waals surface area contributed by atoms with Crippen LogP contribution in [-0.4, -0.2) is 191 Å². The van der Waals surface area contributed by atoms with Gasteiger partial charge in [0, 0.05) is 63.6 Å². The highest BCUT2D eigenvalue weighted by molar-refractivity contribution is 5.95. The first-order chi connectivity index (χ1) is 39.0. The minimum absolute atomic E-state index is 0.0359. The number of para-hydroxylation sites is 1. The van der Waals surface area contributed by atoms with Gasteiger partial charge in [0.25, 0.3) is 0 Å². The minimum atomic E-state index is -1.16. The number of carbonyl (C=O) groups is 7. The largest absolute Gasteiger partial charge is 0.481 e. The van der Waals surface area contributed by atoms with E-state index < -0.39 is 36.3 Å². The molecule has 0 spiro atoms. The van der Waals surface area contributed by atoms with Crippen LogP contribution < -0.4 is 37.2 Å². The van der Waals surface area contributed by atoms with Crippen LogP contribution in [0.1, 0.15) is 100 Å². The van der Waals surface area contributed by atoms with Crippen molar-refractivity contribution in [2.45, 2.75) is 102 Å². The fourth-order valence-electron chi connectivity index (χ4n) is 7.82. The summed E-state index contributed by atoms with van der Waals surface area (Å²) in [5.74, 6) is 3.10. The van der Waals surface area contributed by atoms with Gasteiger partial charge in [-0.25, -0.2) is 0 Å². The molecule has 2 aromatic rings. The molecule has 0 unspecified atom stereocenters. The van der Waals surface area contributed by atoms with Crippen molar-refractivity contribution in [1.29, 1.82) is 0 Å². The average Bonchev–Trinajstić information content (AvgIpc) is 3.49. The number of ether oxygens (including phenoxy) is 8. The van der Waals surface area contributed by atoms with Crippen LogP contribution >= 0.6 is 0 Å². The molecular formula is C57H87N7O16. The van der Waals surface area contributed by atoms with Crippen LogP contribution in [-0.2, 0) is 78.0 Å². The molecule has 6 amide bonds. The third-order valence-electron chi connectivity index (χ3n) is 12.1. The van der Waals surface area contributed by atoms with Gasteiger partial charge < -0.3 is 80.2 Å². The first-order valence-electron chi connectivity index (χ1n) is 27.9. The maximum atomic E-state index is 13.5. The Balaban J connectivity index is 1.27. The number of rotatable bonds is 48. The molecule has 2 atom stereocenters. The van der Waals surface area contributed by atoms with Gasteiger partial charge in [0.05, 0.1) is 118 Å². The maximum absolute atomic E-state index is 13.5. The molecule has 0 aliphatic carbocycles. The molecule has 23 nitrogen and oxygen atoms in total. The summed E-state index contributed by atoms with van der Waals surface area (Å²) in [7, 11) is 1.63. The number of nitrogens with one attached hydrogen (secondary N) is 5. The smallest absolute Gasteiger partial charge is 0.303 e. The van der Waals surface area contributed by atoms with Crippen molar-refractivity contribution in [3.8, 4) is 11.8 Å². The number of unbranched alkanes of at least 4 members (excludes halogenated alkanes) is 3. The lowest BCUT2D eigenvalue weighted by atomic mass is 10.0. The normalized spacial score (nSPS) is 12.3. The van der Waals surface area contributed by atoms with Gasteiger partial charge in [-0.1, -0.05) is 42.2 Å². The molecular weight excluding hydrogens is 1040 g/mol. The molecule has 0 saturated carbocycles. The number of amides is 6. The van der Waals surface area contributed by atoms with Crippen LogP contribution in [0.2, 0.25) is 0 Å². The minimum Gasteiger partial charge on any atom is -0.481 e. The van der Waals surface area contributed by atoms with Gasteiger partial charge in [0.2, 0.25) is 35.4 Å². The molecule has 23 heteroatoms. The topological polar surface area (TPSA) is 303 Å². The molecule has 3 rings (SSSR count). The van der Waals surface area contributed by atoms with Crippen molar-refractivity contribution >= 4 is 47.1 Å². The van der Waals surface area contributed by atoms with Crippen molar-refractivity contribution < 1.29 is 76.6 Å². The Bertz CT molecular complexity index is 2180. The fourth-order valence-corrected chi connectivity index (χ4v) is 7.82. The van der Waals surface area contributed by atoms with Crippen molar-refractivity contribution in [3.05, 3.63) is 65.2 Å². The number of fused-ring (bicyclic) bond motifs is 2. The van der Waals surface area contributed by atoms with Gasteiger partial charge in [0.1, 0.15) is 12.1 Å². The molecule has 1 aliphatic rings. The predicted molar refractivity (Wildman–Crippen MR) is 297 cm³/mol. The number of nitrogens with two attached hydrogens (primary N) is 1. The SMILES string of the molecule is COCCOCCOCCOCCOCCOCCOCCOCCC(=O)N[C@@H](CCCCN)C(=O)NCCCC[C@H](NC(=O)CCC(=O)O)C(=O)NCCNC(=O)CCCCC(=O)N1Cc2ccccc2C#Cc2ccccc21. The molecule has 2 aromatic carbocycles. The zero-order valence-corrected chi connectivity index (χ0v) is 46.7. The molecule has 0 saturated heterocycles. The third kappa shape index (κ3) is 32.3. The summed E-state index contributed by atoms with van der Waals surface area (Å²) in [6, 6.07) is 13.5. The summed E-state index contributed by atoms with van der Waals surface area (Å²) in [5.41, 5.74) is 9.02. The van der Waals surface area contributed by atoms with E-state index in [1.54, 1.807) is 12.0 Å². The van der Waals surface area contributed by atoms with Crippen LogP contribution in [0.5, 0.6) is 0 Å². The van der Waals surface area contributed by atoms with E-state index in [4.69, 9.17) is 48.7 Å². The summed E-state index contributed by atoms with van der Waals surface area (Å²) < 4.78 is 43.1. The number of methoxy groups -OCH3 is 1. The molecule has 0 radical (unpaired) electrons. The van der Waals surface area contributed by atoms with E-state index in [0.717, 1.165) is 22.4 Å². The number of hydrogen-bond donors (Lipinski definition) is 7. The number of carbonyl (C=O) groups excluding carboxylic acids is 6. The van der Waals surface area contributed by atoms with E-state index >= 15 is 0 Å². The zero-order chi connectivity index (χ0) is 57.7. The van der Waals surface area contributed by atoms with Gasteiger partial charge in [-0.2, -0.15) is 0 Å². The van der Waals surface area contributed by atoms with Crippen LogP contribution in [0.4, 0.5) is 5.69 Å². The first-order valence-corrected chi connectivity index (χ1v) is 27.9. The molecule has 446 valence electrons. The Kier molecular flexibility index (Phi) is 38.1. The molecule has 1 aliphatic heterocycles. The standard InChI is InChI=1S/C57H87N7O16/c1-73-30-31-75-34-35-77-38-39-79-42-43-80-41-40-78-37-36-76-33-32-74-29-24-53(67)63-48(15-8-10-25-58)56(71)60-26-11-9-16-49(62-52(66)22-23-55(69)70)57(72)61-28-27-59-51(65)18-6-7-19-54(68)64-44-47-14-3-2-12-45(47)20-21-46-13-4-5-17-50(46)64/h2-5,12-14,17,48-49H,6-11,15-16,18-19,22-44,58H2,1H3,(H,59,65)(H,60,71)(H,61,72)(H,62,66)(H,63,67)(H,69,70)/t48-,49-/m0/s1. The van der Waals surface area contributed by atoms with Crippen LogP contribution in [0, 0.1) is 11.8 Å². The summed E-state index contributed by atoms with van der Waals surface area (Å²) in [6.07, 6.45) is 3.36. The summed E-state index contributed by atoms with van der Waals surface area (Å²) in [6.45, 7) is 7.52. The highest BCUT2D eigenvalue weighted by Gasteiger charge is 2.24. The predicted octanol–water partition coefficient (Wildman–Crippen LogP) is 2.13. The van der Waals surface area contributed by atoms with Gasteiger partial charge in [-0.05, 0) is 81.7 Å². The van der Waals surface area contributed by atoms with E-state index in [1.807, 2.05) is 48.5 Å². The van der Waals surface area contributed by atoms with Crippen LogP contribution in [0.3, 0.4) is 0 Å². The lowest BCUT2D eigenvalue weighted by Gasteiger charge is -2.26. The third-order valence-corrected chi connectivity index (χ3v) is 12.1. The molecule has 8 N–H and O–H groups in total. The second kappa shape index (κ2) is 44.6. The zero-order valence-electron chi connectivity index (χ0n) is 46.7. The van der Waals surface area contributed by atoms with E-state index in [-0.39, 0.29) is 88.6 Å². The lowest BCUT2D eigenvalue weighted by Crippen LogP contribution is -2.48. The summed E-state index contributed by atoms with van der Waals surface area (Å²) in [4.78, 5) is 90.9. The maximum Gasteiger partial charge on any atom is 0.303 e.